The van der Waals surface area contributed by atoms with Gasteiger partial charge in [-0.2, -0.15) is 0 Å². The maximum atomic E-state index is 12.3. The van der Waals surface area contributed by atoms with E-state index in [-0.39, 0.29) is 5.91 Å². The summed E-state index contributed by atoms with van der Waals surface area (Å²) >= 11 is 1.50. The zero-order valence-electron chi connectivity index (χ0n) is 12.6. The lowest BCUT2D eigenvalue weighted by atomic mass is 10.2. The normalized spacial score (nSPS) is 15.2. The van der Waals surface area contributed by atoms with E-state index in [9.17, 15) is 4.79 Å². The second-order valence-corrected chi connectivity index (χ2v) is 6.06. The quantitative estimate of drug-likeness (QED) is 0.639. The van der Waals surface area contributed by atoms with Crippen LogP contribution in [0.25, 0.3) is 10.9 Å². The second kappa shape index (κ2) is 7.07. The Kier molecular flexibility index (Phi) is 4.90. The first-order chi connectivity index (χ1) is 10.8. The fraction of sp³-hybridized carbons (Fsp3) is 0.438. The summed E-state index contributed by atoms with van der Waals surface area (Å²) in [5, 5.41) is 1.91. The summed E-state index contributed by atoms with van der Waals surface area (Å²) in [6, 6.07) is 7.95. The lowest BCUT2D eigenvalue weighted by molar-refractivity contribution is -0.132. The lowest BCUT2D eigenvalue weighted by Gasteiger charge is -2.26. The molecule has 1 saturated heterocycles. The Morgan fingerprint density at radius 1 is 1.27 bits per heavy atom. The minimum Gasteiger partial charge on any atom is -0.378 e. The number of aromatic nitrogens is 2. The second-order valence-electron chi connectivity index (χ2n) is 5.10. The maximum absolute atomic E-state index is 12.3. The minimum absolute atomic E-state index is 0.147. The number of ether oxygens (including phenoxy) is 1. The van der Waals surface area contributed by atoms with Gasteiger partial charge in [-0.15, -0.1) is 0 Å². The van der Waals surface area contributed by atoms with Gasteiger partial charge in [0, 0.05) is 24.9 Å². The van der Waals surface area contributed by atoms with Gasteiger partial charge in [-0.1, -0.05) is 36.9 Å². The number of aryl methyl sites for hydroxylation is 1. The highest BCUT2D eigenvalue weighted by Gasteiger charge is 2.18. The molecule has 0 bridgehead atoms. The van der Waals surface area contributed by atoms with Crippen molar-refractivity contribution in [3.05, 3.63) is 30.1 Å². The van der Waals surface area contributed by atoms with E-state index in [2.05, 4.69) is 9.97 Å². The number of amides is 1. The van der Waals surface area contributed by atoms with Crippen LogP contribution >= 0.6 is 11.8 Å². The van der Waals surface area contributed by atoms with Gasteiger partial charge in [0.15, 0.2) is 0 Å². The molecule has 1 amide bonds. The first-order valence-electron chi connectivity index (χ1n) is 7.52. The molecule has 1 aromatic carbocycles. The molecule has 0 spiro atoms. The molecule has 1 aliphatic heterocycles. The van der Waals surface area contributed by atoms with Crippen molar-refractivity contribution in [1.29, 1.82) is 0 Å². The van der Waals surface area contributed by atoms with Crippen molar-refractivity contribution in [2.24, 2.45) is 0 Å². The van der Waals surface area contributed by atoms with Crippen molar-refractivity contribution in [2.45, 2.75) is 18.4 Å². The van der Waals surface area contributed by atoms with Crippen LogP contribution in [0, 0.1) is 0 Å². The highest BCUT2D eigenvalue weighted by Crippen LogP contribution is 2.25. The van der Waals surface area contributed by atoms with E-state index in [1.807, 2.05) is 36.1 Å². The van der Waals surface area contributed by atoms with Crippen LogP contribution in [0.3, 0.4) is 0 Å². The van der Waals surface area contributed by atoms with Crippen LogP contribution in [0.5, 0.6) is 0 Å². The molecule has 0 N–H and O–H groups in total. The van der Waals surface area contributed by atoms with Crippen LogP contribution in [0.4, 0.5) is 0 Å². The van der Waals surface area contributed by atoms with Crippen LogP contribution in [-0.2, 0) is 16.0 Å². The lowest BCUT2D eigenvalue weighted by Crippen LogP contribution is -2.41. The smallest absolute Gasteiger partial charge is 0.233 e. The number of hydrogen-bond donors (Lipinski definition) is 0. The first kappa shape index (κ1) is 15.2. The Hall–Kier alpha value is -1.66. The third-order valence-corrected chi connectivity index (χ3v) is 4.60. The SMILES string of the molecule is CCc1nc(SCC(=O)N2CCOCC2)c2ccccc2n1. The largest absolute Gasteiger partial charge is 0.378 e. The molecule has 2 heterocycles. The standard InChI is InChI=1S/C16H19N3O2S/c1-2-14-17-13-6-4-3-5-12(13)16(18-14)22-11-15(20)19-7-9-21-10-8-19/h3-6H,2,7-11H2,1H3. The van der Waals surface area contributed by atoms with Crippen molar-refractivity contribution in [3.63, 3.8) is 0 Å². The number of morpholine rings is 1. The third-order valence-electron chi connectivity index (χ3n) is 3.63. The molecule has 0 radical (unpaired) electrons. The van der Waals surface area contributed by atoms with Crippen LogP contribution in [0.15, 0.2) is 29.3 Å². The fourth-order valence-corrected chi connectivity index (χ4v) is 3.34. The summed E-state index contributed by atoms with van der Waals surface area (Å²) in [6.45, 7) is 4.67. The Bertz CT molecular complexity index is 671. The van der Waals surface area contributed by atoms with E-state index in [0.29, 0.717) is 32.1 Å². The molecule has 116 valence electrons. The summed E-state index contributed by atoms with van der Waals surface area (Å²) in [4.78, 5) is 23.3. The van der Waals surface area contributed by atoms with Gasteiger partial charge in [-0.05, 0) is 6.07 Å². The first-order valence-corrected chi connectivity index (χ1v) is 8.50. The number of hydrogen-bond acceptors (Lipinski definition) is 5. The number of carbonyl (C=O) groups excluding carboxylic acids is 1. The molecule has 1 aromatic heterocycles. The predicted octanol–water partition coefficient (Wildman–Crippen LogP) is 2.14. The molecule has 1 fully saturated rings. The summed E-state index contributed by atoms with van der Waals surface area (Å²) in [6.07, 6.45) is 0.788. The highest BCUT2D eigenvalue weighted by molar-refractivity contribution is 8.00. The molecule has 0 aliphatic carbocycles. The summed E-state index contributed by atoms with van der Waals surface area (Å²) in [5.74, 6) is 1.37. The van der Waals surface area contributed by atoms with E-state index < -0.39 is 0 Å². The summed E-state index contributed by atoms with van der Waals surface area (Å²) in [5.41, 5.74) is 0.940. The Labute approximate surface area is 134 Å². The van der Waals surface area contributed by atoms with E-state index in [1.54, 1.807) is 0 Å². The number of nitrogens with zero attached hydrogens (tertiary/aromatic N) is 3. The number of fused-ring (bicyclic) bond motifs is 1. The van der Waals surface area contributed by atoms with Gasteiger partial charge < -0.3 is 9.64 Å². The van der Waals surface area contributed by atoms with Gasteiger partial charge >= 0.3 is 0 Å². The maximum Gasteiger partial charge on any atom is 0.233 e. The number of thioether (sulfide) groups is 1. The van der Waals surface area contributed by atoms with Crippen molar-refractivity contribution >= 4 is 28.6 Å². The molecule has 6 heteroatoms. The third kappa shape index (κ3) is 3.39. The Balaban J connectivity index is 1.76. The van der Waals surface area contributed by atoms with Crippen molar-refractivity contribution in [1.82, 2.24) is 14.9 Å². The average Bonchev–Trinajstić information content (AvgIpc) is 2.59. The zero-order chi connectivity index (χ0) is 15.4. The monoisotopic (exact) mass is 317 g/mol. The molecule has 2 aromatic rings. The van der Waals surface area contributed by atoms with Crippen LogP contribution < -0.4 is 0 Å². The number of para-hydroxylation sites is 1. The molecule has 3 rings (SSSR count). The van der Waals surface area contributed by atoms with Crippen molar-refractivity contribution < 1.29 is 9.53 Å². The number of benzene rings is 1. The van der Waals surface area contributed by atoms with Crippen molar-refractivity contribution in [3.8, 4) is 0 Å². The van der Waals surface area contributed by atoms with E-state index in [1.165, 1.54) is 11.8 Å². The van der Waals surface area contributed by atoms with E-state index in [4.69, 9.17) is 4.74 Å². The van der Waals surface area contributed by atoms with Gasteiger partial charge in [0.1, 0.15) is 10.9 Å². The molecule has 0 saturated carbocycles. The minimum atomic E-state index is 0.147. The van der Waals surface area contributed by atoms with Gasteiger partial charge in [-0.3, -0.25) is 4.79 Å². The zero-order valence-corrected chi connectivity index (χ0v) is 13.4. The van der Waals surface area contributed by atoms with Gasteiger partial charge in [0.25, 0.3) is 0 Å². The molecule has 22 heavy (non-hydrogen) atoms. The number of rotatable bonds is 4. The molecule has 0 atom stereocenters. The fourth-order valence-electron chi connectivity index (χ4n) is 2.40. The predicted molar refractivity (Wildman–Crippen MR) is 87.0 cm³/mol. The highest BCUT2D eigenvalue weighted by atomic mass is 32.2. The Morgan fingerprint density at radius 2 is 2.05 bits per heavy atom. The van der Waals surface area contributed by atoms with Crippen LogP contribution in [0.2, 0.25) is 0 Å². The Morgan fingerprint density at radius 3 is 2.82 bits per heavy atom. The summed E-state index contributed by atoms with van der Waals surface area (Å²) < 4.78 is 5.28. The molecule has 0 unspecified atom stereocenters. The van der Waals surface area contributed by atoms with Gasteiger partial charge in [-0.25, -0.2) is 9.97 Å². The van der Waals surface area contributed by atoms with E-state index in [0.717, 1.165) is 28.2 Å². The molecule has 5 nitrogen and oxygen atoms in total. The van der Waals surface area contributed by atoms with Gasteiger partial charge in [0.2, 0.25) is 5.91 Å². The van der Waals surface area contributed by atoms with E-state index >= 15 is 0 Å². The van der Waals surface area contributed by atoms with Crippen LogP contribution in [0.1, 0.15) is 12.7 Å². The molecular weight excluding hydrogens is 298 g/mol. The summed E-state index contributed by atoms with van der Waals surface area (Å²) in [7, 11) is 0. The number of carbonyl (C=O) groups is 1. The molecule has 1 aliphatic rings. The topological polar surface area (TPSA) is 55.3 Å². The molecular formula is C16H19N3O2S. The average molecular weight is 317 g/mol. The van der Waals surface area contributed by atoms with Crippen molar-refractivity contribution in [2.75, 3.05) is 32.1 Å². The van der Waals surface area contributed by atoms with Crippen LogP contribution in [-0.4, -0.2) is 52.8 Å². The van der Waals surface area contributed by atoms with Gasteiger partial charge in [0.05, 0.1) is 24.5 Å².